The standard InChI is InChI=1S/C19H25F3N2O/c1-13(2)11-14(3)15-7-5-6-8-16(15)23-17(25)18(19(20,21)22)9-10-24(4)12-18/h5-10,13-14H,11-12H2,1-4H3,(H,23,25). The minimum Gasteiger partial charge on any atom is -0.379 e. The lowest BCUT2D eigenvalue weighted by Crippen LogP contribution is -2.49. The molecule has 2 unspecified atom stereocenters. The average molecular weight is 354 g/mol. The number of nitrogens with one attached hydrogen (secondary N) is 1. The molecule has 1 aliphatic rings. The van der Waals surface area contributed by atoms with E-state index in [2.05, 4.69) is 19.2 Å². The van der Waals surface area contributed by atoms with Gasteiger partial charge in [-0.15, -0.1) is 0 Å². The van der Waals surface area contributed by atoms with Gasteiger partial charge in [-0.25, -0.2) is 0 Å². The number of benzene rings is 1. The Balaban J connectivity index is 2.30. The first-order valence-electron chi connectivity index (χ1n) is 8.43. The Labute approximate surface area is 146 Å². The number of halogens is 3. The molecule has 1 amide bonds. The average Bonchev–Trinajstić information content (AvgIpc) is 2.90. The van der Waals surface area contributed by atoms with Crippen molar-refractivity contribution in [3.63, 3.8) is 0 Å². The molecule has 1 aliphatic heterocycles. The maximum Gasteiger partial charge on any atom is 0.408 e. The van der Waals surface area contributed by atoms with Crippen molar-refractivity contribution >= 4 is 11.6 Å². The van der Waals surface area contributed by atoms with Gasteiger partial charge >= 0.3 is 6.18 Å². The van der Waals surface area contributed by atoms with Gasteiger partial charge in [0.15, 0.2) is 5.41 Å². The normalized spacial score (nSPS) is 21.7. The van der Waals surface area contributed by atoms with Crippen molar-refractivity contribution < 1.29 is 18.0 Å². The van der Waals surface area contributed by atoms with Crippen molar-refractivity contribution in [2.45, 2.75) is 39.3 Å². The van der Waals surface area contributed by atoms with Gasteiger partial charge in [-0.05, 0) is 42.2 Å². The predicted molar refractivity (Wildman–Crippen MR) is 93.2 cm³/mol. The summed E-state index contributed by atoms with van der Waals surface area (Å²) in [5, 5.41) is 2.54. The van der Waals surface area contributed by atoms with Crippen LogP contribution in [0.2, 0.25) is 0 Å². The highest BCUT2D eigenvalue weighted by atomic mass is 19.4. The molecular weight excluding hydrogens is 329 g/mol. The van der Waals surface area contributed by atoms with Gasteiger partial charge in [0.05, 0.1) is 0 Å². The summed E-state index contributed by atoms with van der Waals surface area (Å²) in [7, 11) is 1.52. The van der Waals surface area contributed by atoms with Crippen molar-refractivity contribution in [1.82, 2.24) is 4.90 Å². The summed E-state index contributed by atoms with van der Waals surface area (Å²) in [6, 6.07) is 7.08. The fourth-order valence-electron chi connectivity index (χ4n) is 3.32. The van der Waals surface area contributed by atoms with E-state index in [9.17, 15) is 18.0 Å². The van der Waals surface area contributed by atoms with E-state index in [4.69, 9.17) is 0 Å². The first-order chi connectivity index (χ1) is 11.6. The van der Waals surface area contributed by atoms with Crippen molar-refractivity contribution in [1.29, 1.82) is 0 Å². The molecule has 1 aromatic rings. The molecule has 0 bridgehead atoms. The molecular formula is C19H25F3N2O. The Kier molecular flexibility index (Phi) is 5.49. The predicted octanol–water partition coefficient (Wildman–Crippen LogP) is 4.78. The number of alkyl halides is 3. The summed E-state index contributed by atoms with van der Waals surface area (Å²) in [4.78, 5) is 14.0. The van der Waals surface area contributed by atoms with E-state index in [1.807, 2.05) is 19.1 Å². The summed E-state index contributed by atoms with van der Waals surface area (Å²) in [6.45, 7) is 5.80. The van der Waals surface area contributed by atoms with Gasteiger partial charge in [-0.3, -0.25) is 4.79 Å². The zero-order valence-electron chi connectivity index (χ0n) is 15.0. The third-order valence-electron chi connectivity index (χ3n) is 4.59. The summed E-state index contributed by atoms with van der Waals surface area (Å²) in [5.41, 5.74) is -1.21. The molecule has 6 heteroatoms. The van der Waals surface area contributed by atoms with E-state index in [0.717, 1.165) is 18.1 Å². The van der Waals surface area contributed by atoms with Crippen molar-refractivity contribution in [3.05, 3.63) is 42.1 Å². The van der Waals surface area contributed by atoms with Crippen LogP contribution in [0.25, 0.3) is 0 Å². The molecule has 25 heavy (non-hydrogen) atoms. The number of para-hydroxylation sites is 1. The molecule has 1 N–H and O–H groups in total. The smallest absolute Gasteiger partial charge is 0.379 e. The third-order valence-corrected chi connectivity index (χ3v) is 4.59. The molecule has 0 spiro atoms. The van der Waals surface area contributed by atoms with Gasteiger partial charge < -0.3 is 10.2 Å². The molecule has 2 rings (SSSR count). The minimum atomic E-state index is -4.66. The lowest BCUT2D eigenvalue weighted by molar-refractivity contribution is -0.203. The lowest BCUT2D eigenvalue weighted by atomic mass is 9.86. The first-order valence-corrected chi connectivity index (χ1v) is 8.43. The molecule has 0 radical (unpaired) electrons. The second-order valence-corrected chi connectivity index (χ2v) is 7.27. The molecule has 1 heterocycles. The largest absolute Gasteiger partial charge is 0.408 e. The summed E-state index contributed by atoms with van der Waals surface area (Å²) >= 11 is 0. The van der Waals surface area contributed by atoms with E-state index in [0.29, 0.717) is 11.6 Å². The quantitative estimate of drug-likeness (QED) is 0.825. The minimum absolute atomic E-state index is 0.139. The molecule has 0 aromatic heterocycles. The second-order valence-electron chi connectivity index (χ2n) is 7.27. The monoisotopic (exact) mass is 354 g/mol. The van der Waals surface area contributed by atoms with E-state index < -0.39 is 24.0 Å². The highest BCUT2D eigenvalue weighted by Crippen LogP contribution is 2.44. The molecule has 1 aromatic carbocycles. The Hall–Kier alpha value is -1.98. The van der Waals surface area contributed by atoms with Crippen LogP contribution in [-0.2, 0) is 4.79 Å². The van der Waals surface area contributed by atoms with E-state index in [1.54, 1.807) is 12.1 Å². The van der Waals surface area contributed by atoms with E-state index >= 15 is 0 Å². The van der Waals surface area contributed by atoms with Crippen LogP contribution < -0.4 is 5.32 Å². The van der Waals surface area contributed by atoms with Gasteiger partial charge in [-0.1, -0.05) is 39.0 Å². The van der Waals surface area contributed by atoms with Crippen LogP contribution >= 0.6 is 0 Å². The van der Waals surface area contributed by atoms with Crippen LogP contribution in [0.3, 0.4) is 0 Å². The molecule has 3 nitrogen and oxygen atoms in total. The molecule has 0 fully saturated rings. The number of hydrogen-bond acceptors (Lipinski definition) is 2. The van der Waals surface area contributed by atoms with Crippen LogP contribution in [0.5, 0.6) is 0 Å². The fraction of sp³-hybridized carbons (Fsp3) is 0.526. The van der Waals surface area contributed by atoms with Gasteiger partial charge in [-0.2, -0.15) is 13.2 Å². The third kappa shape index (κ3) is 3.99. The molecule has 0 saturated carbocycles. The SMILES string of the molecule is CC(C)CC(C)c1ccccc1NC(=O)C1(C(F)(F)F)C=CN(C)C1. The first kappa shape index (κ1) is 19.3. The maximum absolute atomic E-state index is 13.6. The zero-order valence-corrected chi connectivity index (χ0v) is 15.0. The Morgan fingerprint density at radius 1 is 1.28 bits per heavy atom. The van der Waals surface area contributed by atoms with Crippen molar-refractivity contribution in [3.8, 4) is 0 Å². The Bertz CT molecular complexity index is 654. The number of carbonyl (C=O) groups is 1. The Morgan fingerprint density at radius 2 is 1.92 bits per heavy atom. The lowest BCUT2D eigenvalue weighted by Gasteiger charge is -2.30. The summed E-state index contributed by atoms with van der Waals surface area (Å²) in [6.07, 6.45) is -1.51. The van der Waals surface area contributed by atoms with E-state index in [-0.39, 0.29) is 5.92 Å². The summed E-state index contributed by atoms with van der Waals surface area (Å²) < 4.78 is 40.9. The molecule has 138 valence electrons. The van der Waals surface area contributed by atoms with Crippen LogP contribution in [-0.4, -0.2) is 30.6 Å². The highest BCUT2D eigenvalue weighted by Gasteiger charge is 2.60. The maximum atomic E-state index is 13.6. The second kappa shape index (κ2) is 7.10. The van der Waals surface area contributed by atoms with Gasteiger partial charge in [0.25, 0.3) is 0 Å². The van der Waals surface area contributed by atoms with Crippen LogP contribution in [0.1, 0.15) is 38.7 Å². The van der Waals surface area contributed by atoms with Crippen molar-refractivity contribution in [2.24, 2.45) is 11.3 Å². The number of amides is 1. The van der Waals surface area contributed by atoms with Crippen LogP contribution in [0.15, 0.2) is 36.5 Å². The van der Waals surface area contributed by atoms with Crippen LogP contribution in [0, 0.1) is 11.3 Å². The van der Waals surface area contributed by atoms with Gasteiger partial charge in [0, 0.05) is 19.3 Å². The number of hydrogen-bond donors (Lipinski definition) is 1. The molecule has 0 aliphatic carbocycles. The van der Waals surface area contributed by atoms with Gasteiger partial charge in [0.2, 0.25) is 5.91 Å². The van der Waals surface area contributed by atoms with Crippen LogP contribution in [0.4, 0.5) is 18.9 Å². The molecule has 2 atom stereocenters. The topological polar surface area (TPSA) is 32.3 Å². The number of rotatable bonds is 5. The van der Waals surface area contributed by atoms with E-state index in [1.165, 1.54) is 18.1 Å². The fourth-order valence-corrected chi connectivity index (χ4v) is 3.32. The number of anilines is 1. The number of nitrogens with zero attached hydrogens (tertiary/aromatic N) is 1. The highest BCUT2D eigenvalue weighted by molar-refractivity contribution is 5.98. The Morgan fingerprint density at radius 3 is 2.44 bits per heavy atom. The molecule has 0 saturated heterocycles. The zero-order chi connectivity index (χ0) is 18.8. The van der Waals surface area contributed by atoms with Gasteiger partial charge in [0.1, 0.15) is 0 Å². The van der Waals surface area contributed by atoms with Crippen molar-refractivity contribution in [2.75, 3.05) is 18.9 Å². The number of carbonyl (C=O) groups excluding carboxylic acids is 1. The summed E-state index contributed by atoms with van der Waals surface area (Å²) in [5.74, 6) is -0.448.